The molecule has 6 heteroatoms. The van der Waals surface area contributed by atoms with Gasteiger partial charge in [0.1, 0.15) is 5.82 Å². The number of rotatable bonds is 3. The van der Waals surface area contributed by atoms with Gasteiger partial charge in [0.25, 0.3) is 0 Å². The second-order valence-electron chi connectivity index (χ2n) is 5.19. The number of aryl methyl sites for hydroxylation is 2. The fourth-order valence-electron chi connectivity index (χ4n) is 2.69. The predicted molar refractivity (Wildman–Crippen MR) is 86.2 cm³/mol. The topological polar surface area (TPSA) is 83.8 Å². The molecule has 3 aromatic rings. The minimum Gasteiger partial charge on any atom is -0.478 e. The lowest BCUT2D eigenvalue weighted by atomic mass is 10.2. The number of aromatic nitrogens is 3. The smallest absolute Gasteiger partial charge is 0.328 e. The molecule has 0 aliphatic rings. The Morgan fingerprint density at radius 1 is 1.39 bits per heavy atom. The summed E-state index contributed by atoms with van der Waals surface area (Å²) in [6.45, 7) is 1.84. The average Bonchev–Trinajstić information content (AvgIpc) is 3.04. The minimum absolute atomic E-state index is 0.599. The van der Waals surface area contributed by atoms with E-state index in [1.54, 1.807) is 16.8 Å². The molecule has 0 fully saturated rings. The summed E-state index contributed by atoms with van der Waals surface area (Å²) in [5, 5.41) is 23.2. The number of fused-ring (bicyclic) bond motifs is 1. The van der Waals surface area contributed by atoms with Gasteiger partial charge in [0.2, 0.25) is 0 Å². The van der Waals surface area contributed by atoms with Gasteiger partial charge < -0.3 is 9.67 Å². The van der Waals surface area contributed by atoms with Crippen molar-refractivity contribution in [3.05, 3.63) is 53.4 Å². The van der Waals surface area contributed by atoms with Crippen LogP contribution < -0.4 is 0 Å². The second-order valence-corrected chi connectivity index (χ2v) is 5.19. The fourth-order valence-corrected chi connectivity index (χ4v) is 2.69. The normalized spacial score (nSPS) is 11.2. The van der Waals surface area contributed by atoms with E-state index in [0.717, 1.165) is 34.1 Å². The Bertz CT molecular complexity index is 986. The molecule has 23 heavy (non-hydrogen) atoms. The summed E-state index contributed by atoms with van der Waals surface area (Å²) in [6.07, 6.45) is 4.54. The third-order valence-electron chi connectivity index (χ3n) is 3.68. The number of benzene rings is 1. The number of hydrogen-bond donors (Lipinski definition) is 1. The van der Waals surface area contributed by atoms with Gasteiger partial charge in [0.15, 0.2) is 0 Å². The van der Waals surface area contributed by atoms with E-state index >= 15 is 0 Å². The predicted octanol–water partition coefficient (Wildman–Crippen LogP) is 2.64. The van der Waals surface area contributed by atoms with Crippen LogP contribution in [0.5, 0.6) is 0 Å². The Hall–Kier alpha value is -3.33. The first kappa shape index (κ1) is 14.6. The summed E-state index contributed by atoms with van der Waals surface area (Å²) >= 11 is 0. The SMILES string of the molecule is Cc1nn(C)c(-n2ccc3cc(C#N)ccc32)c1/C=C/C(=O)O. The van der Waals surface area contributed by atoms with Gasteiger partial charge in [0, 0.05) is 30.3 Å². The van der Waals surface area contributed by atoms with E-state index < -0.39 is 5.97 Å². The van der Waals surface area contributed by atoms with Crippen LogP contribution in [0.3, 0.4) is 0 Å². The van der Waals surface area contributed by atoms with Crippen LogP contribution in [-0.4, -0.2) is 25.4 Å². The summed E-state index contributed by atoms with van der Waals surface area (Å²) in [5.74, 6) is -0.227. The summed E-state index contributed by atoms with van der Waals surface area (Å²) in [4.78, 5) is 10.8. The molecule has 0 radical (unpaired) electrons. The van der Waals surface area contributed by atoms with Gasteiger partial charge >= 0.3 is 5.97 Å². The largest absolute Gasteiger partial charge is 0.478 e. The first-order valence-corrected chi connectivity index (χ1v) is 6.97. The molecular weight excluding hydrogens is 292 g/mol. The van der Waals surface area contributed by atoms with Gasteiger partial charge in [-0.15, -0.1) is 0 Å². The van der Waals surface area contributed by atoms with E-state index in [4.69, 9.17) is 10.4 Å². The third kappa shape index (κ3) is 2.49. The number of aliphatic carboxylic acids is 1. The zero-order chi connectivity index (χ0) is 16.6. The minimum atomic E-state index is -1.00. The molecule has 1 N–H and O–H groups in total. The van der Waals surface area contributed by atoms with Crippen molar-refractivity contribution < 1.29 is 9.90 Å². The Morgan fingerprint density at radius 3 is 2.87 bits per heavy atom. The molecule has 1 aromatic carbocycles. The van der Waals surface area contributed by atoms with Crippen LogP contribution in [0.1, 0.15) is 16.8 Å². The second kappa shape index (κ2) is 5.46. The molecule has 0 unspecified atom stereocenters. The molecule has 6 nitrogen and oxygen atoms in total. The Labute approximate surface area is 132 Å². The molecular formula is C17H14N4O2. The van der Waals surface area contributed by atoms with Crippen molar-refractivity contribution in [1.29, 1.82) is 5.26 Å². The molecule has 114 valence electrons. The van der Waals surface area contributed by atoms with Crippen LogP contribution in [0.15, 0.2) is 36.5 Å². The molecule has 0 atom stereocenters. The number of nitrogens with zero attached hydrogens (tertiary/aromatic N) is 4. The van der Waals surface area contributed by atoms with Gasteiger partial charge in [-0.2, -0.15) is 10.4 Å². The Morgan fingerprint density at radius 2 is 2.17 bits per heavy atom. The van der Waals surface area contributed by atoms with Gasteiger partial charge in [-0.25, -0.2) is 4.79 Å². The van der Waals surface area contributed by atoms with E-state index in [-0.39, 0.29) is 0 Å². The van der Waals surface area contributed by atoms with Crippen LogP contribution in [0, 0.1) is 18.3 Å². The maximum atomic E-state index is 10.8. The lowest BCUT2D eigenvalue weighted by Gasteiger charge is -2.08. The zero-order valence-electron chi connectivity index (χ0n) is 12.7. The molecule has 0 saturated carbocycles. The van der Waals surface area contributed by atoms with Crippen LogP contribution in [-0.2, 0) is 11.8 Å². The lowest BCUT2D eigenvalue weighted by molar-refractivity contribution is -0.131. The van der Waals surface area contributed by atoms with Crippen molar-refractivity contribution in [2.75, 3.05) is 0 Å². The maximum absolute atomic E-state index is 10.8. The van der Waals surface area contributed by atoms with Crippen molar-refractivity contribution in [1.82, 2.24) is 14.3 Å². The quantitative estimate of drug-likeness (QED) is 0.754. The molecule has 2 heterocycles. The van der Waals surface area contributed by atoms with E-state index in [1.807, 2.05) is 42.9 Å². The first-order chi connectivity index (χ1) is 11.0. The number of carboxylic acids is 1. The maximum Gasteiger partial charge on any atom is 0.328 e. The molecule has 0 aliphatic carbocycles. The highest BCUT2D eigenvalue weighted by molar-refractivity contribution is 5.87. The van der Waals surface area contributed by atoms with E-state index in [2.05, 4.69) is 11.2 Å². The summed E-state index contributed by atoms with van der Waals surface area (Å²) in [5.41, 5.74) is 3.02. The highest BCUT2D eigenvalue weighted by atomic mass is 16.4. The lowest BCUT2D eigenvalue weighted by Crippen LogP contribution is -2.03. The van der Waals surface area contributed by atoms with Crippen LogP contribution in [0.25, 0.3) is 22.8 Å². The van der Waals surface area contributed by atoms with Gasteiger partial charge in [-0.1, -0.05) is 0 Å². The molecule has 0 saturated heterocycles. The van der Waals surface area contributed by atoms with Crippen molar-refractivity contribution in [2.45, 2.75) is 6.92 Å². The average molecular weight is 306 g/mol. The monoisotopic (exact) mass is 306 g/mol. The number of hydrogen-bond acceptors (Lipinski definition) is 3. The number of nitriles is 1. The van der Waals surface area contributed by atoms with Crippen LogP contribution in [0.2, 0.25) is 0 Å². The van der Waals surface area contributed by atoms with Gasteiger partial charge in [-0.3, -0.25) is 4.68 Å². The summed E-state index contributed by atoms with van der Waals surface area (Å²) in [6, 6.07) is 9.50. The highest BCUT2D eigenvalue weighted by Gasteiger charge is 2.15. The van der Waals surface area contributed by atoms with Gasteiger partial charge in [0.05, 0.1) is 22.8 Å². The Balaban J connectivity index is 2.23. The van der Waals surface area contributed by atoms with Crippen LogP contribution in [0.4, 0.5) is 0 Å². The van der Waals surface area contributed by atoms with E-state index in [9.17, 15) is 4.79 Å². The highest BCUT2D eigenvalue weighted by Crippen LogP contribution is 2.26. The van der Waals surface area contributed by atoms with Crippen molar-refractivity contribution in [2.24, 2.45) is 7.05 Å². The Kier molecular flexibility index (Phi) is 3.47. The summed E-state index contributed by atoms with van der Waals surface area (Å²) < 4.78 is 3.66. The van der Waals surface area contributed by atoms with Crippen molar-refractivity contribution >= 4 is 22.9 Å². The van der Waals surface area contributed by atoms with Crippen LogP contribution >= 0.6 is 0 Å². The molecule has 3 rings (SSSR count). The van der Waals surface area contributed by atoms with Crippen molar-refractivity contribution in [3.63, 3.8) is 0 Å². The third-order valence-corrected chi connectivity index (χ3v) is 3.68. The standard InChI is InChI=1S/C17H14N4O2/c1-11-14(4-6-16(22)23)17(20(2)19-11)21-8-7-13-9-12(10-18)3-5-15(13)21/h3-9H,1-2H3,(H,22,23)/b6-4+. The molecule has 0 bridgehead atoms. The zero-order valence-corrected chi connectivity index (χ0v) is 12.7. The molecule has 2 aromatic heterocycles. The first-order valence-electron chi connectivity index (χ1n) is 6.97. The van der Waals surface area contributed by atoms with E-state index in [0.29, 0.717) is 5.56 Å². The number of carboxylic acid groups (broad SMARTS) is 1. The molecule has 0 amide bonds. The number of carbonyl (C=O) groups is 1. The summed E-state index contributed by atoms with van der Waals surface area (Å²) in [7, 11) is 1.82. The van der Waals surface area contributed by atoms with Crippen molar-refractivity contribution in [3.8, 4) is 11.9 Å². The van der Waals surface area contributed by atoms with Gasteiger partial charge in [-0.05, 0) is 37.3 Å². The fraction of sp³-hybridized carbons (Fsp3) is 0.118. The molecule has 0 aliphatic heterocycles. The molecule has 0 spiro atoms. The van der Waals surface area contributed by atoms with E-state index in [1.165, 1.54) is 0 Å².